The van der Waals surface area contributed by atoms with E-state index in [2.05, 4.69) is 48.3 Å². The topological polar surface area (TPSA) is 15.3 Å². The van der Waals surface area contributed by atoms with Crippen LogP contribution in [0, 0.1) is 11.8 Å². The standard InChI is InChI=1S/C16H24N2/c1-12-9-18(10-13(12)2)11-15-8-17-7-14-5-3-4-6-16(14)15/h3-6,12-13,15,17H,7-11H2,1-2H3. The second-order valence-electron chi connectivity index (χ2n) is 6.20. The Balaban J connectivity index is 1.71. The van der Waals surface area contributed by atoms with Crippen molar-refractivity contribution in [2.75, 3.05) is 26.2 Å². The molecule has 0 radical (unpaired) electrons. The van der Waals surface area contributed by atoms with E-state index in [1.165, 1.54) is 25.2 Å². The van der Waals surface area contributed by atoms with Gasteiger partial charge in [-0.1, -0.05) is 38.1 Å². The highest BCUT2D eigenvalue weighted by molar-refractivity contribution is 5.33. The van der Waals surface area contributed by atoms with Gasteiger partial charge in [0.15, 0.2) is 0 Å². The van der Waals surface area contributed by atoms with Crippen molar-refractivity contribution in [2.24, 2.45) is 11.8 Å². The lowest BCUT2D eigenvalue weighted by molar-refractivity contribution is 0.291. The fourth-order valence-electron chi connectivity index (χ4n) is 3.46. The molecule has 0 aromatic heterocycles. The van der Waals surface area contributed by atoms with Crippen LogP contribution in [0.25, 0.3) is 0 Å². The number of rotatable bonds is 2. The van der Waals surface area contributed by atoms with E-state index in [1.807, 2.05) is 0 Å². The van der Waals surface area contributed by atoms with E-state index in [1.54, 1.807) is 5.56 Å². The largest absolute Gasteiger partial charge is 0.312 e. The van der Waals surface area contributed by atoms with Crippen molar-refractivity contribution in [1.82, 2.24) is 10.2 Å². The van der Waals surface area contributed by atoms with Crippen molar-refractivity contribution in [2.45, 2.75) is 26.3 Å². The molecule has 0 spiro atoms. The van der Waals surface area contributed by atoms with Gasteiger partial charge >= 0.3 is 0 Å². The first kappa shape index (κ1) is 12.2. The predicted molar refractivity (Wildman–Crippen MR) is 75.7 cm³/mol. The van der Waals surface area contributed by atoms with Crippen molar-refractivity contribution in [3.05, 3.63) is 35.4 Å². The molecule has 2 heteroatoms. The molecule has 1 fully saturated rings. The first-order valence-electron chi connectivity index (χ1n) is 7.25. The summed E-state index contributed by atoms with van der Waals surface area (Å²) in [5.74, 6) is 2.39. The molecule has 98 valence electrons. The zero-order valence-electron chi connectivity index (χ0n) is 11.5. The van der Waals surface area contributed by atoms with E-state index in [0.29, 0.717) is 5.92 Å². The molecule has 1 saturated heterocycles. The summed E-state index contributed by atoms with van der Waals surface area (Å²) in [7, 11) is 0. The molecule has 3 atom stereocenters. The van der Waals surface area contributed by atoms with Crippen LogP contribution in [-0.4, -0.2) is 31.1 Å². The molecule has 1 N–H and O–H groups in total. The number of hydrogen-bond acceptors (Lipinski definition) is 2. The molecule has 3 unspecified atom stereocenters. The van der Waals surface area contributed by atoms with Gasteiger partial charge in [-0.3, -0.25) is 0 Å². The van der Waals surface area contributed by atoms with Gasteiger partial charge in [-0.2, -0.15) is 0 Å². The first-order chi connectivity index (χ1) is 8.74. The van der Waals surface area contributed by atoms with E-state index in [9.17, 15) is 0 Å². The summed E-state index contributed by atoms with van der Waals surface area (Å²) in [6.07, 6.45) is 0. The van der Waals surface area contributed by atoms with E-state index < -0.39 is 0 Å². The van der Waals surface area contributed by atoms with Crippen molar-refractivity contribution in [1.29, 1.82) is 0 Å². The Kier molecular flexibility index (Phi) is 3.40. The van der Waals surface area contributed by atoms with Crippen LogP contribution in [0.2, 0.25) is 0 Å². The number of nitrogens with one attached hydrogen (secondary N) is 1. The van der Waals surface area contributed by atoms with Gasteiger partial charge < -0.3 is 10.2 Å². The zero-order valence-corrected chi connectivity index (χ0v) is 11.5. The molecule has 2 heterocycles. The molecular formula is C16H24N2. The lowest BCUT2D eigenvalue weighted by Crippen LogP contribution is -2.36. The first-order valence-corrected chi connectivity index (χ1v) is 7.25. The molecule has 0 amide bonds. The summed E-state index contributed by atoms with van der Waals surface area (Å²) in [4.78, 5) is 2.66. The van der Waals surface area contributed by atoms with E-state index >= 15 is 0 Å². The fourth-order valence-corrected chi connectivity index (χ4v) is 3.46. The van der Waals surface area contributed by atoms with E-state index in [0.717, 1.165) is 24.9 Å². The monoisotopic (exact) mass is 244 g/mol. The van der Waals surface area contributed by atoms with Crippen LogP contribution in [0.4, 0.5) is 0 Å². The third kappa shape index (κ3) is 2.32. The van der Waals surface area contributed by atoms with Crippen molar-refractivity contribution < 1.29 is 0 Å². The van der Waals surface area contributed by atoms with Gasteiger partial charge in [0.1, 0.15) is 0 Å². The smallest absolute Gasteiger partial charge is 0.0208 e. The summed E-state index contributed by atoms with van der Waals surface area (Å²) in [6.45, 7) is 10.7. The Bertz CT molecular complexity index is 405. The van der Waals surface area contributed by atoms with Crippen molar-refractivity contribution in [3.63, 3.8) is 0 Å². The quantitative estimate of drug-likeness (QED) is 0.859. The molecular weight excluding hydrogens is 220 g/mol. The van der Waals surface area contributed by atoms with E-state index in [4.69, 9.17) is 0 Å². The van der Waals surface area contributed by atoms with Crippen molar-refractivity contribution >= 4 is 0 Å². The molecule has 2 nitrogen and oxygen atoms in total. The van der Waals surface area contributed by atoms with Crippen LogP contribution in [-0.2, 0) is 6.54 Å². The Labute approximate surface area is 110 Å². The summed E-state index contributed by atoms with van der Waals surface area (Å²) in [5, 5.41) is 3.56. The molecule has 0 saturated carbocycles. The maximum atomic E-state index is 3.56. The average Bonchev–Trinajstić information content (AvgIpc) is 2.69. The molecule has 18 heavy (non-hydrogen) atoms. The van der Waals surface area contributed by atoms with E-state index in [-0.39, 0.29) is 0 Å². The lowest BCUT2D eigenvalue weighted by Gasteiger charge is -2.30. The summed E-state index contributed by atoms with van der Waals surface area (Å²) in [6, 6.07) is 8.93. The van der Waals surface area contributed by atoms with Gasteiger partial charge in [0.05, 0.1) is 0 Å². The fraction of sp³-hybridized carbons (Fsp3) is 0.625. The van der Waals surface area contributed by atoms with Crippen LogP contribution >= 0.6 is 0 Å². The molecule has 2 aliphatic heterocycles. The SMILES string of the molecule is CC1CN(CC2CNCc3ccccc32)CC1C. The van der Waals surface area contributed by atoms with Gasteiger partial charge in [0, 0.05) is 38.6 Å². The van der Waals surface area contributed by atoms with Gasteiger partial charge in [-0.25, -0.2) is 0 Å². The van der Waals surface area contributed by atoms with Crippen LogP contribution in [0.5, 0.6) is 0 Å². The van der Waals surface area contributed by atoms with Crippen molar-refractivity contribution in [3.8, 4) is 0 Å². The molecule has 0 aliphatic carbocycles. The Hall–Kier alpha value is -0.860. The van der Waals surface area contributed by atoms with Crippen LogP contribution < -0.4 is 5.32 Å². The number of benzene rings is 1. The summed E-state index contributed by atoms with van der Waals surface area (Å²) >= 11 is 0. The second-order valence-corrected chi connectivity index (χ2v) is 6.20. The summed E-state index contributed by atoms with van der Waals surface area (Å²) < 4.78 is 0. The maximum Gasteiger partial charge on any atom is 0.0208 e. The number of hydrogen-bond donors (Lipinski definition) is 1. The maximum absolute atomic E-state index is 3.56. The highest BCUT2D eigenvalue weighted by Crippen LogP contribution is 2.28. The number of fused-ring (bicyclic) bond motifs is 1. The highest BCUT2D eigenvalue weighted by atomic mass is 15.2. The van der Waals surface area contributed by atoms with Gasteiger partial charge in [-0.05, 0) is 23.0 Å². The highest BCUT2D eigenvalue weighted by Gasteiger charge is 2.29. The number of nitrogens with zero attached hydrogens (tertiary/aromatic N) is 1. The minimum atomic E-state index is 0.674. The molecule has 1 aromatic rings. The molecule has 1 aromatic carbocycles. The van der Waals surface area contributed by atoms with Gasteiger partial charge in [-0.15, -0.1) is 0 Å². The van der Waals surface area contributed by atoms with Gasteiger partial charge in [0.2, 0.25) is 0 Å². The predicted octanol–water partition coefficient (Wildman–Crippen LogP) is 2.46. The minimum absolute atomic E-state index is 0.674. The lowest BCUT2D eigenvalue weighted by atomic mass is 9.90. The zero-order chi connectivity index (χ0) is 12.5. The van der Waals surface area contributed by atoms with Crippen LogP contribution in [0.15, 0.2) is 24.3 Å². The Morgan fingerprint density at radius 3 is 2.67 bits per heavy atom. The van der Waals surface area contributed by atoms with Gasteiger partial charge in [0.25, 0.3) is 0 Å². The second kappa shape index (κ2) is 5.02. The third-order valence-corrected chi connectivity index (χ3v) is 4.74. The van der Waals surface area contributed by atoms with Crippen LogP contribution in [0.1, 0.15) is 30.9 Å². The molecule has 0 bridgehead atoms. The Morgan fingerprint density at radius 2 is 1.89 bits per heavy atom. The van der Waals surface area contributed by atoms with Crippen LogP contribution in [0.3, 0.4) is 0 Å². The minimum Gasteiger partial charge on any atom is -0.312 e. The third-order valence-electron chi connectivity index (χ3n) is 4.74. The normalized spacial score (nSPS) is 32.4. The molecule has 3 rings (SSSR count). The molecule has 2 aliphatic rings. The summed E-state index contributed by atoms with van der Waals surface area (Å²) in [5.41, 5.74) is 3.07. The number of likely N-dealkylation sites (tertiary alicyclic amines) is 1. The Morgan fingerprint density at radius 1 is 1.17 bits per heavy atom. The average molecular weight is 244 g/mol.